The van der Waals surface area contributed by atoms with Crippen molar-refractivity contribution in [3.63, 3.8) is 0 Å². The molecule has 0 unspecified atom stereocenters. The Kier molecular flexibility index (Phi) is 4.75. The molecular weight excluding hydrogens is 393 g/mol. The summed E-state index contributed by atoms with van der Waals surface area (Å²) in [6.07, 6.45) is 0. The van der Waals surface area contributed by atoms with Gasteiger partial charge in [0.25, 0.3) is 5.91 Å². The molecule has 1 aromatic heterocycles. The van der Waals surface area contributed by atoms with Gasteiger partial charge in [0.15, 0.2) is 5.58 Å². The van der Waals surface area contributed by atoms with Crippen molar-refractivity contribution in [1.82, 2.24) is 4.98 Å². The molecule has 3 aromatic carbocycles. The molecule has 1 N–H and O–H groups in total. The highest BCUT2D eigenvalue weighted by molar-refractivity contribution is 6.31. The van der Waals surface area contributed by atoms with Gasteiger partial charge in [-0.05, 0) is 61.0 Å². The second-order valence-electron chi connectivity index (χ2n) is 6.42. The Morgan fingerprint density at radius 1 is 1.17 bits per heavy atom. The van der Waals surface area contributed by atoms with Gasteiger partial charge in [-0.3, -0.25) is 4.79 Å². The summed E-state index contributed by atoms with van der Waals surface area (Å²) >= 11 is 5.99. The van der Waals surface area contributed by atoms with Gasteiger partial charge in [0, 0.05) is 16.3 Å². The monoisotopic (exact) mass is 405 g/mol. The SMILES string of the molecule is Cc1ccc(-c2nc3cc(Cl)ccc3o2)cc1NC(=O)c1ccc(C#N)cc1F. The molecule has 7 heteroatoms. The fourth-order valence-corrected chi connectivity index (χ4v) is 3.04. The second kappa shape index (κ2) is 7.38. The summed E-state index contributed by atoms with van der Waals surface area (Å²) in [6.45, 7) is 1.82. The maximum absolute atomic E-state index is 14.1. The van der Waals surface area contributed by atoms with Gasteiger partial charge >= 0.3 is 0 Å². The lowest BCUT2D eigenvalue weighted by Gasteiger charge is -2.10. The molecule has 5 nitrogen and oxygen atoms in total. The fourth-order valence-electron chi connectivity index (χ4n) is 2.87. The smallest absolute Gasteiger partial charge is 0.258 e. The van der Waals surface area contributed by atoms with E-state index in [2.05, 4.69) is 10.3 Å². The summed E-state index contributed by atoms with van der Waals surface area (Å²) in [6, 6.07) is 16.0. The lowest BCUT2D eigenvalue weighted by Crippen LogP contribution is -2.14. The lowest BCUT2D eigenvalue weighted by atomic mass is 10.1. The van der Waals surface area contributed by atoms with Gasteiger partial charge in [-0.25, -0.2) is 9.37 Å². The van der Waals surface area contributed by atoms with Crippen molar-refractivity contribution in [3.8, 4) is 17.5 Å². The van der Waals surface area contributed by atoms with Crippen molar-refractivity contribution in [2.24, 2.45) is 0 Å². The third kappa shape index (κ3) is 3.68. The molecule has 142 valence electrons. The average molecular weight is 406 g/mol. The van der Waals surface area contributed by atoms with Gasteiger partial charge in [0.1, 0.15) is 11.3 Å². The van der Waals surface area contributed by atoms with Crippen LogP contribution < -0.4 is 5.32 Å². The van der Waals surface area contributed by atoms with Crippen LogP contribution in [-0.2, 0) is 0 Å². The first-order valence-electron chi connectivity index (χ1n) is 8.63. The molecule has 0 aliphatic heterocycles. The minimum Gasteiger partial charge on any atom is -0.436 e. The van der Waals surface area contributed by atoms with Crippen LogP contribution in [0.25, 0.3) is 22.6 Å². The van der Waals surface area contributed by atoms with Gasteiger partial charge < -0.3 is 9.73 Å². The van der Waals surface area contributed by atoms with Crippen LogP contribution in [0.15, 0.2) is 59.0 Å². The maximum atomic E-state index is 14.1. The number of anilines is 1. The number of nitrogens with zero attached hydrogens (tertiary/aromatic N) is 2. The number of aryl methyl sites for hydroxylation is 1. The van der Waals surface area contributed by atoms with Crippen LogP contribution in [0.1, 0.15) is 21.5 Å². The number of hydrogen-bond acceptors (Lipinski definition) is 4. The summed E-state index contributed by atoms with van der Waals surface area (Å²) in [4.78, 5) is 17.0. The molecule has 29 heavy (non-hydrogen) atoms. The topological polar surface area (TPSA) is 78.9 Å². The second-order valence-corrected chi connectivity index (χ2v) is 6.86. The number of hydrogen-bond donors (Lipinski definition) is 1. The molecule has 0 bridgehead atoms. The van der Waals surface area contributed by atoms with E-state index in [1.54, 1.807) is 24.3 Å². The molecule has 0 aliphatic rings. The Hall–Kier alpha value is -3.69. The molecular formula is C22H13ClFN3O2. The van der Waals surface area contributed by atoms with Gasteiger partial charge in [0.2, 0.25) is 5.89 Å². The van der Waals surface area contributed by atoms with Crippen LogP contribution in [0.2, 0.25) is 5.02 Å². The number of carbonyl (C=O) groups is 1. The first-order chi connectivity index (χ1) is 13.9. The Labute approximate surface area is 170 Å². The predicted molar refractivity (Wildman–Crippen MR) is 108 cm³/mol. The van der Waals surface area contributed by atoms with Gasteiger partial charge in [-0.15, -0.1) is 0 Å². The molecule has 0 atom stereocenters. The largest absolute Gasteiger partial charge is 0.436 e. The van der Waals surface area contributed by atoms with E-state index in [4.69, 9.17) is 21.3 Å². The van der Waals surface area contributed by atoms with E-state index in [1.165, 1.54) is 12.1 Å². The molecule has 4 aromatic rings. The Bertz CT molecular complexity index is 1310. The summed E-state index contributed by atoms with van der Waals surface area (Å²) < 4.78 is 19.9. The van der Waals surface area contributed by atoms with Gasteiger partial charge in [0.05, 0.1) is 17.2 Å². The number of benzene rings is 3. The normalized spacial score (nSPS) is 10.7. The number of aromatic nitrogens is 1. The van der Waals surface area contributed by atoms with E-state index in [1.807, 2.05) is 25.1 Å². The summed E-state index contributed by atoms with van der Waals surface area (Å²) in [7, 11) is 0. The first-order valence-corrected chi connectivity index (χ1v) is 9.00. The molecule has 0 saturated carbocycles. The molecule has 0 spiro atoms. The summed E-state index contributed by atoms with van der Waals surface area (Å²) in [5, 5.41) is 12.1. The van der Waals surface area contributed by atoms with Crippen LogP contribution in [0.3, 0.4) is 0 Å². The Morgan fingerprint density at radius 2 is 2.00 bits per heavy atom. The highest BCUT2D eigenvalue weighted by Crippen LogP contribution is 2.29. The van der Waals surface area contributed by atoms with Crippen molar-refractivity contribution in [2.75, 3.05) is 5.32 Å². The number of nitriles is 1. The Balaban J connectivity index is 1.66. The molecule has 1 heterocycles. The third-order valence-electron chi connectivity index (χ3n) is 4.43. The lowest BCUT2D eigenvalue weighted by molar-refractivity contribution is 0.102. The van der Waals surface area contributed by atoms with Crippen molar-refractivity contribution in [2.45, 2.75) is 6.92 Å². The predicted octanol–water partition coefficient (Wildman–Crippen LogP) is 5.72. The van der Waals surface area contributed by atoms with Gasteiger partial charge in [-0.1, -0.05) is 17.7 Å². The minimum absolute atomic E-state index is 0.147. The number of carbonyl (C=O) groups excluding carboxylic acids is 1. The van der Waals surface area contributed by atoms with E-state index < -0.39 is 11.7 Å². The highest BCUT2D eigenvalue weighted by Gasteiger charge is 2.15. The molecule has 0 saturated heterocycles. The van der Waals surface area contributed by atoms with Gasteiger partial charge in [-0.2, -0.15) is 5.26 Å². The standard InChI is InChI=1S/C22H13ClFN3O2/c1-12-2-4-14(22-27-19-10-15(23)5-7-20(19)29-22)9-18(12)26-21(28)16-6-3-13(11-25)8-17(16)24/h2-10H,1H3,(H,26,28). The summed E-state index contributed by atoms with van der Waals surface area (Å²) in [5.74, 6) is -0.995. The number of oxazole rings is 1. The number of amides is 1. The van der Waals surface area contributed by atoms with Crippen molar-refractivity contribution in [1.29, 1.82) is 5.26 Å². The third-order valence-corrected chi connectivity index (χ3v) is 4.66. The van der Waals surface area contributed by atoms with Crippen molar-refractivity contribution < 1.29 is 13.6 Å². The fraction of sp³-hybridized carbons (Fsp3) is 0.0455. The van der Waals surface area contributed by atoms with Crippen LogP contribution in [0, 0.1) is 24.1 Å². The maximum Gasteiger partial charge on any atom is 0.258 e. The molecule has 0 radical (unpaired) electrons. The van der Waals surface area contributed by atoms with Crippen molar-refractivity contribution >= 4 is 34.3 Å². The van der Waals surface area contributed by atoms with Crippen molar-refractivity contribution in [3.05, 3.63) is 82.1 Å². The van der Waals surface area contributed by atoms with E-state index in [0.717, 1.165) is 11.6 Å². The highest BCUT2D eigenvalue weighted by atomic mass is 35.5. The van der Waals surface area contributed by atoms with Crippen LogP contribution in [0.4, 0.5) is 10.1 Å². The molecule has 0 aliphatic carbocycles. The zero-order valence-electron chi connectivity index (χ0n) is 15.2. The molecule has 0 fully saturated rings. The van der Waals surface area contributed by atoms with E-state index in [-0.39, 0.29) is 11.1 Å². The number of halogens is 2. The Morgan fingerprint density at radius 3 is 2.76 bits per heavy atom. The van der Waals surface area contributed by atoms with Crippen LogP contribution >= 0.6 is 11.6 Å². The van der Waals surface area contributed by atoms with E-state index in [9.17, 15) is 9.18 Å². The van der Waals surface area contributed by atoms with Crippen LogP contribution in [-0.4, -0.2) is 10.9 Å². The van der Waals surface area contributed by atoms with E-state index >= 15 is 0 Å². The molecule has 4 rings (SSSR count). The zero-order valence-corrected chi connectivity index (χ0v) is 15.9. The number of nitrogens with one attached hydrogen (secondary N) is 1. The van der Waals surface area contributed by atoms with Crippen LogP contribution in [0.5, 0.6) is 0 Å². The van der Waals surface area contributed by atoms with E-state index in [0.29, 0.717) is 33.3 Å². The quantitative estimate of drug-likeness (QED) is 0.472. The molecule has 1 amide bonds. The first kappa shape index (κ1) is 18.7. The number of rotatable bonds is 3. The summed E-state index contributed by atoms with van der Waals surface area (Å²) in [5.41, 5.74) is 3.15. The minimum atomic E-state index is -0.758. The number of fused-ring (bicyclic) bond motifs is 1. The zero-order chi connectivity index (χ0) is 20.5. The average Bonchev–Trinajstić information content (AvgIpc) is 3.12.